The van der Waals surface area contributed by atoms with E-state index in [1.54, 1.807) is 0 Å². The number of alkyl halides is 1. The van der Waals surface area contributed by atoms with Crippen LogP contribution in [0.3, 0.4) is 0 Å². The van der Waals surface area contributed by atoms with Crippen molar-refractivity contribution in [3.63, 3.8) is 0 Å². The molecule has 1 aromatic heterocycles. The van der Waals surface area contributed by atoms with Crippen LogP contribution in [0.4, 0.5) is 4.39 Å². The minimum Gasteiger partial charge on any atom is -0.497 e. The summed E-state index contributed by atoms with van der Waals surface area (Å²) >= 11 is 0. The van der Waals surface area contributed by atoms with E-state index in [2.05, 4.69) is 0 Å². The highest BCUT2D eigenvalue weighted by Gasteiger charge is 2.54. The third-order valence-corrected chi connectivity index (χ3v) is 6.12. The van der Waals surface area contributed by atoms with Crippen LogP contribution < -0.4 is 16.0 Å². The van der Waals surface area contributed by atoms with Crippen molar-refractivity contribution in [1.82, 2.24) is 9.55 Å². The minimum absolute atomic E-state index is 0.0992. The summed E-state index contributed by atoms with van der Waals surface area (Å²) in [6.07, 6.45) is -5.09. The van der Waals surface area contributed by atoms with E-state index in [0.29, 0.717) is 5.75 Å². The van der Waals surface area contributed by atoms with E-state index in [1.165, 1.54) is 31.4 Å². The quantitative estimate of drug-likeness (QED) is 0.553. The van der Waals surface area contributed by atoms with Gasteiger partial charge in [-0.05, 0) is 24.3 Å². The summed E-state index contributed by atoms with van der Waals surface area (Å²) in [4.78, 5) is 49.2. The molecule has 1 N–H and O–H groups in total. The van der Waals surface area contributed by atoms with Gasteiger partial charge >= 0.3 is 17.6 Å². The summed E-state index contributed by atoms with van der Waals surface area (Å²) in [5.74, 6) is -1.20. The van der Waals surface area contributed by atoms with Crippen molar-refractivity contribution >= 4 is 22.7 Å². The SMILES string of the molecule is COc1ccc(S(=O)C(F)[C@H]2O[C@@H](n3ccc(=O)[nH]c3=O)[C@H](OC(C)=O)[C@@H]2OC(C)=O)cc1. The van der Waals surface area contributed by atoms with Crippen LogP contribution in [0.25, 0.3) is 0 Å². The Morgan fingerprint density at radius 2 is 1.70 bits per heavy atom. The standard InChI is InChI=1S/C20H21FN2O9S/c1-10(24)30-15-16(18(21)33(28)13-6-4-12(29-3)5-7-13)32-19(17(15)31-11(2)25)23-9-8-14(26)22-20(23)27/h4-9,15-19H,1-3H3,(H,22,26,27)/t15-,16+,17-,18?,19-,33?/m1/s1. The Labute approximate surface area is 188 Å². The van der Waals surface area contributed by atoms with Crippen molar-refractivity contribution in [3.8, 4) is 5.75 Å². The van der Waals surface area contributed by atoms with Crippen molar-refractivity contribution in [2.24, 2.45) is 0 Å². The number of aromatic amines is 1. The van der Waals surface area contributed by atoms with E-state index in [9.17, 15) is 23.4 Å². The zero-order chi connectivity index (χ0) is 24.3. The highest BCUT2D eigenvalue weighted by Crippen LogP contribution is 2.37. The van der Waals surface area contributed by atoms with Crippen molar-refractivity contribution in [1.29, 1.82) is 0 Å². The molecule has 0 aliphatic carbocycles. The lowest BCUT2D eigenvalue weighted by atomic mass is 10.1. The fourth-order valence-corrected chi connectivity index (χ4v) is 4.46. The Morgan fingerprint density at radius 3 is 2.24 bits per heavy atom. The number of nitrogens with one attached hydrogen (secondary N) is 1. The number of aromatic nitrogens is 2. The second-order valence-corrected chi connectivity index (χ2v) is 8.50. The predicted octanol–water partition coefficient (Wildman–Crippen LogP) is 0.409. The molecule has 3 rings (SSSR count). The van der Waals surface area contributed by atoms with E-state index < -0.39 is 64.0 Å². The van der Waals surface area contributed by atoms with Gasteiger partial charge in [0.1, 0.15) is 11.9 Å². The van der Waals surface area contributed by atoms with Crippen LogP contribution in [-0.4, -0.2) is 56.6 Å². The number of methoxy groups -OCH3 is 1. The molecular formula is C20H21FN2O9S. The molecule has 0 bridgehead atoms. The second-order valence-electron chi connectivity index (χ2n) is 6.98. The van der Waals surface area contributed by atoms with Gasteiger partial charge in [0, 0.05) is 31.0 Å². The van der Waals surface area contributed by atoms with Crippen LogP contribution >= 0.6 is 0 Å². The average Bonchev–Trinajstić information content (AvgIpc) is 3.09. The molecule has 178 valence electrons. The van der Waals surface area contributed by atoms with Crippen molar-refractivity contribution in [2.45, 2.75) is 48.8 Å². The molecule has 33 heavy (non-hydrogen) atoms. The molecule has 0 amide bonds. The van der Waals surface area contributed by atoms with Gasteiger partial charge in [0.15, 0.2) is 18.4 Å². The zero-order valence-corrected chi connectivity index (χ0v) is 18.6. The fraction of sp³-hybridized carbons (Fsp3) is 0.400. The minimum atomic E-state index is -2.30. The van der Waals surface area contributed by atoms with E-state index in [1.807, 2.05) is 4.98 Å². The zero-order valence-electron chi connectivity index (χ0n) is 17.8. The summed E-state index contributed by atoms with van der Waals surface area (Å²) in [7, 11) is -0.857. The molecule has 0 saturated carbocycles. The number of hydrogen-bond acceptors (Lipinski definition) is 9. The maximum atomic E-state index is 15.5. The Kier molecular flexibility index (Phi) is 7.43. The molecule has 1 aromatic carbocycles. The third-order valence-electron chi connectivity index (χ3n) is 4.71. The molecule has 2 unspecified atom stereocenters. The highest BCUT2D eigenvalue weighted by atomic mass is 32.2. The summed E-state index contributed by atoms with van der Waals surface area (Å²) in [5.41, 5.74) is -3.88. The third kappa shape index (κ3) is 5.37. The summed E-state index contributed by atoms with van der Waals surface area (Å²) in [6.45, 7) is 2.11. The summed E-state index contributed by atoms with van der Waals surface area (Å²) in [5, 5.41) is 0. The van der Waals surface area contributed by atoms with Crippen LogP contribution in [0.5, 0.6) is 5.75 Å². The van der Waals surface area contributed by atoms with Crippen LogP contribution in [0.2, 0.25) is 0 Å². The summed E-state index contributed by atoms with van der Waals surface area (Å²) < 4.78 is 50.3. The van der Waals surface area contributed by atoms with Gasteiger partial charge in [-0.1, -0.05) is 0 Å². The number of H-pyrrole nitrogens is 1. The number of carbonyl (C=O) groups excluding carboxylic acids is 2. The average molecular weight is 484 g/mol. The van der Waals surface area contributed by atoms with Gasteiger partial charge in [0.25, 0.3) is 5.56 Å². The van der Waals surface area contributed by atoms with Gasteiger partial charge in [0.05, 0.1) is 17.9 Å². The Balaban J connectivity index is 2.01. The molecule has 1 aliphatic rings. The highest BCUT2D eigenvalue weighted by molar-refractivity contribution is 7.85. The first-order valence-corrected chi connectivity index (χ1v) is 10.8. The molecule has 6 atom stereocenters. The van der Waals surface area contributed by atoms with E-state index >= 15 is 4.39 Å². The monoisotopic (exact) mass is 484 g/mol. The fourth-order valence-electron chi connectivity index (χ4n) is 3.33. The molecule has 0 radical (unpaired) electrons. The van der Waals surface area contributed by atoms with E-state index in [-0.39, 0.29) is 4.90 Å². The molecule has 13 heteroatoms. The van der Waals surface area contributed by atoms with Gasteiger partial charge < -0.3 is 18.9 Å². The molecule has 1 aliphatic heterocycles. The number of hydrogen-bond donors (Lipinski definition) is 1. The van der Waals surface area contributed by atoms with Gasteiger partial charge in [-0.15, -0.1) is 0 Å². The number of nitrogens with zero attached hydrogens (tertiary/aromatic N) is 1. The molecule has 2 heterocycles. The first-order chi connectivity index (χ1) is 15.6. The normalized spacial score (nSPS) is 24.0. The predicted molar refractivity (Wildman–Crippen MR) is 111 cm³/mol. The first kappa shape index (κ1) is 24.3. The number of ether oxygens (including phenoxy) is 4. The Bertz CT molecular complexity index is 1160. The van der Waals surface area contributed by atoms with Crippen LogP contribution in [0, 0.1) is 0 Å². The molecular weight excluding hydrogens is 463 g/mol. The number of halogens is 1. The molecule has 0 spiro atoms. The number of carbonyl (C=O) groups is 2. The number of benzene rings is 1. The lowest BCUT2D eigenvalue weighted by molar-refractivity contribution is -0.165. The second kappa shape index (κ2) is 10.1. The first-order valence-electron chi connectivity index (χ1n) is 9.62. The maximum Gasteiger partial charge on any atom is 0.330 e. The van der Waals surface area contributed by atoms with Gasteiger partial charge in [-0.25, -0.2) is 9.18 Å². The van der Waals surface area contributed by atoms with Gasteiger partial charge in [-0.2, -0.15) is 0 Å². The lowest BCUT2D eigenvalue weighted by Gasteiger charge is -2.24. The van der Waals surface area contributed by atoms with Crippen molar-refractivity contribution in [2.75, 3.05) is 7.11 Å². The van der Waals surface area contributed by atoms with E-state index in [4.69, 9.17) is 18.9 Å². The van der Waals surface area contributed by atoms with Gasteiger partial charge in [0.2, 0.25) is 5.50 Å². The lowest BCUT2D eigenvalue weighted by Crippen LogP contribution is -2.44. The molecule has 2 aromatic rings. The topological polar surface area (TPSA) is 143 Å². The largest absolute Gasteiger partial charge is 0.497 e. The molecule has 1 fully saturated rings. The van der Waals surface area contributed by atoms with Crippen LogP contribution in [0.15, 0.2) is 51.0 Å². The van der Waals surface area contributed by atoms with Crippen LogP contribution in [-0.2, 0) is 34.6 Å². The smallest absolute Gasteiger partial charge is 0.330 e. The Hall–Kier alpha value is -3.32. The maximum absolute atomic E-state index is 15.5. The van der Waals surface area contributed by atoms with Gasteiger partial charge in [-0.3, -0.25) is 28.1 Å². The number of esters is 2. The van der Waals surface area contributed by atoms with Crippen molar-refractivity contribution < 1.29 is 37.1 Å². The van der Waals surface area contributed by atoms with Crippen molar-refractivity contribution in [3.05, 3.63) is 57.4 Å². The number of rotatable bonds is 7. The summed E-state index contributed by atoms with van der Waals surface area (Å²) in [6, 6.07) is 6.77. The van der Waals surface area contributed by atoms with E-state index in [0.717, 1.165) is 30.7 Å². The molecule has 11 nitrogen and oxygen atoms in total. The van der Waals surface area contributed by atoms with Crippen LogP contribution in [0.1, 0.15) is 20.1 Å². The molecule has 1 saturated heterocycles. The Morgan fingerprint density at radius 1 is 1.09 bits per heavy atom.